The van der Waals surface area contributed by atoms with E-state index in [0.29, 0.717) is 0 Å². The van der Waals surface area contributed by atoms with E-state index in [2.05, 4.69) is 20.5 Å². The van der Waals surface area contributed by atoms with Crippen LogP contribution < -0.4 is 4.74 Å². The molecule has 0 spiro atoms. The SMILES string of the molecule is [CH2-]c1c(OC)cccc1C(F)(F)F.[Zn+][Br]. The molecule has 0 amide bonds. The Bertz CT molecular complexity index is 315. The van der Waals surface area contributed by atoms with Gasteiger partial charge in [-0.3, -0.25) is 0 Å². The molecule has 1 nitrogen and oxygen atoms in total. The molecule has 0 aromatic heterocycles. The van der Waals surface area contributed by atoms with Crippen molar-refractivity contribution >= 4 is 13.6 Å². The first-order valence-corrected chi connectivity index (χ1v) is 10.7. The third kappa shape index (κ3) is 4.03. The van der Waals surface area contributed by atoms with Crippen LogP contribution >= 0.6 is 13.6 Å². The molecule has 0 atom stereocenters. The zero-order valence-corrected chi connectivity index (χ0v) is 12.6. The zero-order valence-electron chi connectivity index (χ0n) is 8.07. The van der Waals surface area contributed by atoms with E-state index in [0.717, 1.165) is 6.07 Å². The summed E-state index contributed by atoms with van der Waals surface area (Å²) >= 11 is 4.25. The molecule has 1 aromatic carbocycles. The molecule has 1 rings (SSSR count). The maximum absolute atomic E-state index is 12.3. The molecule has 0 aliphatic rings. The van der Waals surface area contributed by atoms with Crippen molar-refractivity contribution in [1.82, 2.24) is 0 Å². The fraction of sp³-hybridized carbons (Fsp3) is 0.222. The number of hydrogen-bond donors (Lipinski definition) is 0. The summed E-state index contributed by atoms with van der Waals surface area (Å²) in [7, 11) is 1.31. The van der Waals surface area contributed by atoms with Crippen LogP contribution in [0.25, 0.3) is 0 Å². The molecule has 6 heteroatoms. The molecule has 0 unspecified atom stereocenters. The number of alkyl halides is 3. The number of rotatable bonds is 1. The Labute approximate surface area is 103 Å². The standard InChI is InChI=1S/C9H8F3O.BrH.Zn/c1-6-7(9(10,11)12)4-3-5-8(6)13-2;;/h3-5H,1H2,2H3;1H;/q-1;;+2/p-1. The van der Waals surface area contributed by atoms with Crippen molar-refractivity contribution in [3.8, 4) is 5.75 Å². The molecule has 0 fully saturated rings. The Morgan fingerprint density at radius 3 is 2.27 bits per heavy atom. The van der Waals surface area contributed by atoms with Crippen LogP contribution in [0.4, 0.5) is 13.2 Å². The minimum atomic E-state index is -4.37. The van der Waals surface area contributed by atoms with E-state index in [1.165, 1.54) is 35.6 Å². The van der Waals surface area contributed by atoms with Gasteiger partial charge in [-0.05, 0) is 5.56 Å². The monoisotopic (exact) mass is 332 g/mol. The average molecular weight is 334 g/mol. The van der Waals surface area contributed by atoms with Crippen molar-refractivity contribution in [1.29, 1.82) is 0 Å². The third-order valence-corrected chi connectivity index (χ3v) is 1.66. The molecule has 0 radical (unpaired) electrons. The van der Waals surface area contributed by atoms with E-state index < -0.39 is 11.7 Å². The van der Waals surface area contributed by atoms with Crippen molar-refractivity contribution < 1.29 is 34.3 Å². The summed E-state index contributed by atoms with van der Waals surface area (Å²) in [6.07, 6.45) is -4.37. The normalized spacial score (nSPS) is 10.3. The van der Waals surface area contributed by atoms with E-state index in [4.69, 9.17) is 4.74 Å². The van der Waals surface area contributed by atoms with Gasteiger partial charge in [-0.15, -0.1) is 11.6 Å². The number of benzene rings is 1. The van der Waals surface area contributed by atoms with Gasteiger partial charge in [0.2, 0.25) is 0 Å². The van der Waals surface area contributed by atoms with Crippen LogP contribution in [-0.4, -0.2) is 7.11 Å². The van der Waals surface area contributed by atoms with Crippen LogP contribution in [-0.2, 0) is 22.5 Å². The van der Waals surface area contributed by atoms with Crippen LogP contribution in [0.5, 0.6) is 5.75 Å². The predicted molar refractivity (Wildman–Crippen MR) is 51.4 cm³/mol. The van der Waals surface area contributed by atoms with E-state index >= 15 is 0 Å². The van der Waals surface area contributed by atoms with Crippen molar-refractivity contribution in [2.45, 2.75) is 6.18 Å². The van der Waals surface area contributed by atoms with Gasteiger partial charge in [-0.2, -0.15) is 20.1 Å². The maximum atomic E-state index is 12.3. The summed E-state index contributed by atoms with van der Waals surface area (Å²) in [4.78, 5) is 0. The van der Waals surface area contributed by atoms with Gasteiger partial charge in [0.05, 0.1) is 7.11 Å². The quantitative estimate of drug-likeness (QED) is 0.561. The second-order valence-corrected chi connectivity index (χ2v) is 2.48. The third-order valence-electron chi connectivity index (χ3n) is 1.66. The van der Waals surface area contributed by atoms with Crippen LogP contribution in [0.1, 0.15) is 11.1 Å². The van der Waals surface area contributed by atoms with Crippen molar-refractivity contribution in [3.63, 3.8) is 0 Å². The number of ether oxygens (including phenoxy) is 1. The first-order valence-electron chi connectivity index (χ1n) is 3.79. The molecule has 0 saturated heterocycles. The Kier molecular flexibility index (Phi) is 6.29. The van der Waals surface area contributed by atoms with Crippen LogP contribution in [0.15, 0.2) is 18.2 Å². The molecule has 0 bridgehead atoms. The Balaban J connectivity index is 0.000000921. The van der Waals surface area contributed by atoms with Gasteiger partial charge in [-0.1, -0.05) is 12.1 Å². The van der Waals surface area contributed by atoms with Gasteiger partial charge >= 0.3 is 36.1 Å². The molecule has 0 aliphatic heterocycles. The first-order chi connectivity index (χ1) is 6.96. The second-order valence-electron chi connectivity index (χ2n) is 2.48. The number of hydrogen-bond acceptors (Lipinski definition) is 1. The van der Waals surface area contributed by atoms with Gasteiger partial charge in [0.1, 0.15) is 0 Å². The van der Waals surface area contributed by atoms with Crippen molar-refractivity contribution in [2.24, 2.45) is 0 Å². The summed E-state index contributed by atoms with van der Waals surface area (Å²) in [5, 5.41) is 0. The zero-order chi connectivity index (χ0) is 12.1. The summed E-state index contributed by atoms with van der Waals surface area (Å²) in [5.41, 5.74) is -0.885. The Morgan fingerprint density at radius 2 is 1.87 bits per heavy atom. The molecular weight excluding hydrogens is 326 g/mol. The van der Waals surface area contributed by atoms with Crippen LogP contribution in [0.3, 0.4) is 0 Å². The molecule has 1 aromatic rings. The Morgan fingerprint density at radius 1 is 1.33 bits per heavy atom. The van der Waals surface area contributed by atoms with E-state index in [1.54, 1.807) is 0 Å². The summed E-state index contributed by atoms with van der Waals surface area (Å²) in [6, 6.07) is 3.71. The van der Waals surface area contributed by atoms with E-state index in [-0.39, 0.29) is 11.3 Å². The topological polar surface area (TPSA) is 9.23 Å². The first kappa shape index (κ1) is 14.8. The molecule has 15 heavy (non-hydrogen) atoms. The summed E-state index contributed by atoms with van der Waals surface area (Å²) < 4.78 is 41.5. The van der Waals surface area contributed by atoms with Gasteiger partial charge in [0.25, 0.3) is 0 Å². The molecular formula is C9H8BrF3OZn. The van der Waals surface area contributed by atoms with Gasteiger partial charge < -0.3 is 4.74 Å². The summed E-state index contributed by atoms with van der Waals surface area (Å²) in [5.74, 6) is 0.148. The second kappa shape index (κ2) is 6.38. The molecule has 0 aliphatic carbocycles. The predicted octanol–water partition coefficient (Wildman–Crippen LogP) is 3.74. The molecule has 0 N–H and O–H groups in total. The fourth-order valence-electron chi connectivity index (χ4n) is 1.02. The van der Waals surface area contributed by atoms with Crippen LogP contribution in [0.2, 0.25) is 0 Å². The number of halogens is 4. The molecule has 80 valence electrons. The molecule has 0 heterocycles. The van der Waals surface area contributed by atoms with E-state index in [9.17, 15) is 13.2 Å². The van der Waals surface area contributed by atoms with Crippen molar-refractivity contribution in [2.75, 3.05) is 7.11 Å². The molecule has 0 saturated carbocycles. The van der Waals surface area contributed by atoms with Gasteiger partial charge in [0, 0.05) is 5.75 Å². The Hall–Kier alpha value is -0.217. The van der Waals surface area contributed by atoms with Crippen molar-refractivity contribution in [3.05, 3.63) is 36.2 Å². The van der Waals surface area contributed by atoms with Crippen LogP contribution in [0, 0.1) is 6.92 Å². The van der Waals surface area contributed by atoms with Gasteiger partial charge in [-0.25, -0.2) is 0 Å². The summed E-state index contributed by atoms with van der Waals surface area (Å²) in [6.45, 7) is 3.31. The number of methoxy groups -OCH3 is 1. The van der Waals surface area contributed by atoms with Gasteiger partial charge in [0.15, 0.2) is 0 Å². The average Bonchev–Trinajstić information content (AvgIpc) is 2.19. The van der Waals surface area contributed by atoms with E-state index in [1.807, 2.05) is 0 Å². The fourth-order valence-corrected chi connectivity index (χ4v) is 1.02. The minimum absolute atomic E-state index is 0.127.